The Morgan fingerprint density at radius 3 is 2.75 bits per heavy atom. The fourth-order valence-electron chi connectivity index (χ4n) is 2.53. The van der Waals surface area contributed by atoms with Gasteiger partial charge in [-0.05, 0) is 30.5 Å². The highest BCUT2D eigenvalue weighted by Crippen LogP contribution is 2.45. The summed E-state index contributed by atoms with van der Waals surface area (Å²) in [5.41, 5.74) is 6.59. The summed E-state index contributed by atoms with van der Waals surface area (Å²) in [6.45, 7) is 0. The smallest absolute Gasteiger partial charge is 0.375 e. The Balaban J connectivity index is 2.00. The number of thiazole rings is 1. The van der Waals surface area contributed by atoms with Crippen molar-refractivity contribution >= 4 is 28.1 Å². The van der Waals surface area contributed by atoms with Gasteiger partial charge in [0.25, 0.3) is 0 Å². The van der Waals surface area contributed by atoms with E-state index in [4.69, 9.17) is 17.3 Å². The fourth-order valence-corrected chi connectivity index (χ4v) is 3.87. The Kier molecular flexibility index (Phi) is 3.17. The van der Waals surface area contributed by atoms with Gasteiger partial charge in [-0.2, -0.15) is 13.2 Å². The SMILES string of the molecule is Nc1nc2c(s1)C(c1ccc(C(F)(F)F)cc1Cl)CC2. The van der Waals surface area contributed by atoms with Gasteiger partial charge in [-0.1, -0.05) is 17.7 Å². The average molecular weight is 319 g/mol. The van der Waals surface area contributed by atoms with Crippen LogP contribution in [0.15, 0.2) is 18.2 Å². The second-order valence-electron chi connectivity index (χ2n) is 4.69. The van der Waals surface area contributed by atoms with E-state index in [1.165, 1.54) is 17.4 Å². The molecule has 2 N–H and O–H groups in total. The van der Waals surface area contributed by atoms with E-state index < -0.39 is 11.7 Å². The van der Waals surface area contributed by atoms with Crippen LogP contribution in [0, 0.1) is 0 Å². The van der Waals surface area contributed by atoms with Crippen LogP contribution in [0.25, 0.3) is 0 Å². The highest BCUT2D eigenvalue weighted by atomic mass is 35.5. The Morgan fingerprint density at radius 2 is 2.10 bits per heavy atom. The first kappa shape index (κ1) is 13.7. The molecular weight excluding hydrogens is 309 g/mol. The summed E-state index contributed by atoms with van der Waals surface area (Å²) in [6, 6.07) is 3.52. The van der Waals surface area contributed by atoms with Gasteiger partial charge < -0.3 is 5.73 Å². The molecule has 1 heterocycles. The summed E-state index contributed by atoms with van der Waals surface area (Å²) in [7, 11) is 0. The van der Waals surface area contributed by atoms with Crippen molar-refractivity contribution < 1.29 is 13.2 Å². The number of rotatable bonds is 1. The van der Waals surface area contributed by atoms with Crippen molar-refractivity contribution in [2.45, 2.75) is 24.9 Å². The van der Waals surface area contributed by atoms with Gasteiger partial charge in [-0.25, -0.2) is 4.98 Å². The maximum Gasteiger partial charge on any atom is 0.416 e. The second-order valence-corrected chi connectivity index (χ2v) is 6.16. The zero-order chi connectivity index (χ0) is 14.5. The molecule has 7 heteroatoms. The van der Waals surface area contributed by atoms with E-state index in [0.717, 1.165) is 35.5 Å². The number of hydrogen-bond acceptors (Lipinski definition) is 3. The molecule has 1 unspecified atom stereocenters. The van der Waals surface area contributed by atoms with Crippen molar-refractivity contribution in [2.75, 3.05) is 5.73 Å². The van der Waals surface area contributed by atoms with E-state index in [9.17, 15) is 13.2 Å². The number of hydrogen-bond donors (Lipinski definition) is 1. The summed E-state index contributed by atoms with van der Waals surface area (Å²) >= 11 is 7.43. The zero-order valence-corrected chi connectivity index (χ0v) is 11.7. The van der Waals surface area contributed by atoms with Crippen LogP contribution in [-0.4, -0.2) is 4.98 Å². The normalized spacial score (nSPS) is 18.3. The Hall–Kier alpha value is -1.27. The van der Waals surface area contributed by atoms with Gasteiger partial charge in [-0.15, -0.1) is 11.3 Å². The quantitative estimate of drug-likeness (QED) is 0.842. The molecule has 1 aromatic carbocycles. The molecule has 106 valence electrons. The molecule has 0 saturated heterocycles. The predicted molar refractivity (Wildman–Crippen MR) is 73.1 cm³/mol. The number of aromatic nitrogens is 1. The van der Waals surface area contributed by atoms with E-state index in [1.807, 2.05) is 0 Å². The van der Waals surface area contributed by atoms with Gasteiger partial charge in [0.2, 0.25) is 0 Å². The highest BCUT2D eigenvalue weighted by Gasteiger charge is 2.33. The Morgan fingerprint density at radius 1 is 1.35 bits per heavy atom. The summed E-state index contributed by atoms with van der Waals surface area (Å²) in [6.07, 6.45) is -2.79. The van der Waals surface area contributed by atoms with Gasteiger partial charge in [0.1, 0.15) is 0 Å². The number of aryl methyl sites for hydroxylation is 1. The lowest BCUT2D eigenvalue weighted by molar-refractivity contribution is -0.137. The largest absolute Gasteiger partial charge is 0.416 e. The van der Waals surface area contributed by atoms with Crippen molar-refractivity contribution in [2.24, 2.45) is 0 Å². The van der Waals surface area contributed by atoms with Crippen molar-refractivity contribution in [3.63, 3.8) is 0 Å². The summed E-state index contributed by atoms with van der Waals surface area (Å²) in [5, 5.41) is 0.632. The van der Waals surface area contributed by atoms with Crippen LogP contribution < -0.4 is 5.73 Å². The molecule has 1 atom stereocenters. The van der Waals surface area contributed by atoms with Crippen LogP contribution >= 0.6 is 22.9 Å². The molecule has 3 rings (SSSR count). The maximum atomic E-state index is 12.6. The van der Waals surface area contributed by atoms with Gasteiger partial charge in [0.05, 0.1) is 11.3 Å². The van der Waals surface area contributed by atoms with Gasteiger partial charge in [0.15, 0.2) is 5.13 Å². The zero-order valence-electron chi connectivity index (χ0n) is 10.2. The van der Waals surface area contributed by atoms with Crippen LogP contribution in [0.1, 0.15) is 34.0 Å². The fraction of sp³-hybridized carbons (Fsp3) is 0.308. The number of nitrogens with zero attached hydrogens (tertiary/aromatic N) is 1. The number of alkyl halides is 3. The molecule has 0 aliphatic heterocycles. The van der Waals surface area contributed by atoms with Gasteiger partial charge in [-0.3, -0.25) is 0 Å². The van der Waals surface area contributed by atoms with Crippen LogP contribution in [0.3, 0.4) is 0 Å². The minimum absolute atomic E-state index is 0.00502. The van der Waals surface area contributed by atoms with E-state index in [1.54, 1.807) is 0 Å². The molecule has 0 saturated carbocycles. The van der Waals surface area contributed by atoms with Crippen molar-refractivity contribution in [3.8, 4) is 0 Å². The van der Waals surface area contributed by atoms with Gasteiger partial charge >= 0.3 is 6.18 Å². The monoisotopic (exact) mass is 318 g/mol. The third-order valence-electron chi connectivity index (χ3n) is 3.43. The number of benzene rings is 1. The molecule has 0 amide bonds. The van der Waals surface area contributed by atoms with Crippen LogP contribution in [0.2, 0.25) is 5.02 Å². The molecule has 1 aliphatic rings. The minimum atomic E-state index is -4.38. The van der Waals surface area contributed by atoms with Crippen LogP contribution in [0.5, 0.6) is 0 Å². The lowest BCUT2D eigenvalue weighted by Crippen LogP contribution is -2.06. The summed E-state index contributed by atoms with van der Waals surface area (Å²) in [4.78, 5) is 5.24. The lowest BCUT2D eigenvalue weighted by Gasteiger charge is -2.14. The topological polar surface area (TPSA) is 38.9 Å². The number of nitrogens with two attached hydrogens (primary N) is 1. The van der Waals surface area contributed by atoms with Crippen molar-refractivity contribution in [3.05, 3.63) is 44.9 Å². The lowest BCUT2D eigenvalue weighted by atomic mass is 9.97. The minimum Gasteiger partial charge on any atom is -0.375 e. The first-order valence-electron chi connectivity index (χ1n) is 5.98. The van der Waals surface area contributed by atoms with Crippen LogP contribution in [0.4, 0.5) is 18.3 Å². The Labute approximate surface area is 122 Å². The van der Waals surface area contributed by atoms with Gasteiger partial charge in [0, 0.05) is 15.8 Å². The first-order valence-corrected chi connectivity index (χ1v) is 7.17. The number of nitrogen functional groups attached to an aromatic ring is 1. The third kappa shape index (κ3) is 2.27. The van der Waals surface area contributed by atoms with E-state index in [-0.39, 0.29) is 10.9 Å². The van der Waals surface area contributed by atoms with Crippen LogP contribution in [-0.2, 0) is 12.6 Å². The van der Waals surface area contributed by atoms with E-state index in [0.29, 0.717) is 10.7 Å². The molecular formula is C13H10ClF3N2S. The maximum absolute atomic E-state index is 12.6. The third-order valence-corrected chi connectivity index (χ3v) is 4.80. The first-order chi connectivity index (χ1) is 9.36. The highest BCUT2D eigenvalue weighted by molar-refractivity contribution is 7.15. The Bertz CT molecular complexity index is 666. The number of halogens is 4. The molecule has 0 radical (unpaired) electrons. The second kappa shape index (κ2) is 4.63. The molecule has 1 aliphatic carbocycles. The number of anilines is 1. The molecule has 0 spiro atoms. The molecule has 0 fully saturated rings. The molecule has 0 bridgehead atoms. The standard InChI is InChI=1S/C13H10ClF3N2S/c14-9-5-6(13(15,16)17)1-2-7(9)8-3-4-10-11(8)20-12(18)19-10/h1-2,5,8H,3-4H2,(H2,18,19). The van der Waals surface area contributed by atoms with Crippen molar-refractivity contribution in [1.82, 2.24) is 4.98 Å². The van der Waals surface area contributed by atoms with E-state index in [2.05, 4.69) is 4.98 Å². The molecule has 2 nitrogen and oxygen atoms in total. The van der Waals surface area contributed by atoms with E-state index >= 15 is 0 Å². The summed E-state index contributed by atoms with van der Waals surface area (Å²) < 4.78 is 37.9. The summed E-state index contributed by atoms with van der Waals surface area (Å²) in [5.74, 6) is -0.00502. The molecule has 1 aromatic heterocycles. The predicted octanol–water partition coefficient (Wildman–Crippen LogP) is 4.48. The van der Waals surface area contributed by atoms with Crippen molar-refractivity contribution in [1.29, 1.82) is 0 Å². The number of fused-ring (bicyclic) bond motifs is 1. The molecule has 20 heavy (non-hydrogen) atoms. The molecule has 2 aromatic rings. The average Bonchev–Trinajstić information content (AvgIpc) is 2.87.